The van der Waals surface area contributed by atoms with Crippen LogP contribution in [0.15, 0.2) is 66.7 Å². The molecule has 3 aromatic carbocycles. The fraction of sp³-hybridized carbons (Fsp3) is 0.346. The summed E-state index contributed by atoms with van der Waals surface area (Å²) in [6, 6.07) is 23.9. The van der Waals surface area contributed by atoms with Gasteiger partial charge < -0.3 is 5.32 Å². The maximum atomic E-state index is 11.9. The number of hydroxylamine groups is 1. The van der Waals surface area contributed by atoms with Gasteiger partial charge in [0.05, 0.1) is 7.11 Å². The molecule has 0 spiro atoms. The molecule has 0 aromatic heterocycles. The Hall–Kier alpha value is -2.69. The van der Waals surface area contributed by atoms with Gasteiger partial charge in [0.25, 0.3) is 5.91 Å². The molecular formula is C26H30N2O2. The summed E-state index contributed by atoms with van der Waals surface area (Å²) in [6.45, 7) is 2.27. The molecule has 1 amide bonds. The minimum Gasteiger partial charge on any atom is -0.307 e. The van der Waals surface area contributed by atoms with Crippen LogP contribution in [-0.4, -0.2) is 19.1 Å². The van der Waals surface area contributed by atoms with Crippen LogP contribution in [-0.2, 0) is 4.84 Å². The molecule has 30 heavy (non-hydrogen) atoms. The third-order valence-corrected chi connectivity index (χ3v) is 6.29. The molecule has 0 unspecified atom stereocenters. The number of rotatable bonds is 6. The predicted molar refractivity (Wildman–Crippen MR) is 121 cm³/mol. The highest BCUT2D eigenvalue weighted by atomic mass is 16.6. The SMILES string of the molecule is CONC(=O)c1ccc([C@H]2CCC[C@H](N[C@H](C)c3cccc4ccccc34)C2)cc1. The van der Waals surface area contributed by atoms with Crippen molar-refractivity contribution in [2.75, 3.05) is 7.11 Å². The number of carbonyl (C=O) groups excluding carboxylic acids is 1. The lowest BCUT2D eigenvalue weighted by molar-refractivity contribution is 0.0537. The van der Waals surface area contributed by atoms with E-state index in [0.717, 1.165) is 6.42 Å². The molecule has 156 valence electrons. The van der Waals surface area contributed by atoms with Crippen molar-refractivity contribution in [2.24, 2.45) is 0 Å². The molecule has 2 N–H and O–H groups in total. The number of benzene rings is 3. The third-order valence-electron chi connectivity index (χ3n) is 6.29. The van der Waals surface area contributed by atoms with Crippen LogP contribution in [0.1, 0.15) is 66.1 Å². The Morgan fingerprint density at radius 2 is 1.77 bits per heavy atom. The third kappa shape index (κ3) is 4.55. The smallest absolute Gasteiger partial charge is 0.274 e. The maximum Gasteiger partial charge on any atom is 0.274 e. The van der Waals surface area contributed by atoms with Gasteiger partial charge in [-0.05, 0) is 66.1 Å². The van der Waals surface area contributed by atoms with Crippen LogP contribution >= 0.6 is 0 Å². The topological polar surface area (TPSA) is 50.4 Å². The molecule has 0 saturated heterocycles. The van der Waals surface area contributed by atoms with E-state index in [4.69, 9.17) is 4.84 Å². The Morgan fingerprint density at radius 3 is 2.57 bits per heavy atom. The van der Waals surface area contributed by atoms with E-state index in [1.165, 1.54) is 48.3 Å². The van der Waals surface area contributed by atoms with Crippen LogP contribution < -0.4 is 10.8 Å². The minimum atomic E-state index is -0.212. The summed E-state index contributed by atoms with van der Waals surface area (Å²) < 4.78 is 0. The number of hydrogen-bond acceptors (Lipinski definition) is 3. The summed E-state index contributed by atoms with van der Waals surface area (Å²) in [5.41, 5.74) is 5.67. The molecule has 3 atom stereocenters. The van der Waals surface area contributed by atoms with Gasteiger partial charge in [-0.1, -0.05) is 61.0 Å². The number of nitrogens with one attached hydrogen (secondary N) is 2. The summed E-state index contributed by atoms with van der Waals surface area (Å²) in [6.07, 6.45) is 4.75. The fourth-order valence-corrected chi connectivity index (χ4v) is 4.77. The van der Waals surface area contributed by atoms with Crippen molar-refractivity contribution in [3.8, 4) is 0 Å². The Kier molecular flexibility index (Phi) is 6.46. The van der Waals surface area contributed by atoms with Crippen molar-refractivity contribution in [3.05, 3.63) is 83.4 Å². The fourth-order valence-electron chi connectivity index (χ4n) is 4.77. The molecule has 1 aliphatic carbocycles. The lowest BCUT2D eigenvalue weighted by atomic mass is 9.80. The van der Waals surface area contributed by atoms with E-state index in [-0.39, 0.29) is 5.91 Å². The van der Waals surface area contributed by atoms with Crippen LogP contribution in [0.3, 0.4) is 0 Å². The van der Waals surface area contributed by atoms with E-state index >= 15 is 0 Å². The average Bonchev–Trinajstić information content (AvgIpc) is 2.79. The normalized spacial score (nSPS) is 20.1. The molecule has 1 saturated carbocycles. The van der Waals surface area contributed by atoms with Gasteiger partial charge in [0, 0.05) is 17.6 Å². The summed E-state index contributed by atoms with van der Waals surface area (Å²) in [5.74, 6) is 0.312. The highest BCUT2D eigenvalue weighted by Gasteiger charge is 2.25. The highest BCUT2D eigenvalue weighted by molar-refractivity contribution is 5.93. The zero-order chi connectivity index (χ0) is 20.9. The van der Waals surface area contributed by atoms with Gasteiger partial charge >= 0.3 is 0 Å². The molecule has 1 aliphatic rings. The van der Waals surface area contributed by atoms with Crippen LogP contribution in [0.5, 0.6) is 0 Å². The first kappa shape index (κ1) is 20.6. The van der Waals surface area contributed by atoms with Crippen molar-refractivity contribution < 1.29 is 9.63 Å². The Labute approximate surface area is 178 Å². The summed E-state index contributed by atoms with van der Waals surface area (Å²) in [5, 5.41) is 6.52. The molecule has 4 nitrogen and oxygen atoms in total. The number of carbonyl (C=O) groups is 1. The van der Waals surface area contributed by atoms with Crippen LogP contribution in [0, 0.1) is 0 Å². The number of fused-ring (bicyclic) bond motifs is 1. The largest absolute Gasteiger partial charge is 0.307 e. The van der Waals surface area contributed by atoms with Crippen molar-refractivity contribution in [3.63, 3.8) is 0 Å². The summed E-state index contributed by atoms with van der Waals surface area (Å²) in [7, 11) is 1.45. The van der Waals surface area contributed by atoms with Crippen molar-refractivity contribution in [1.29, 1.82) is 0 Å². The summed E-state index contributed by atoms with van der Waals surface area (Å²) >= 11 is 0. The van der Waals surface area contributed by atoms with Gasteiger partial charge in [-0.2, -0.15) is 0 Å². The first-order valence-corrected chi connectivity index (χ1v) is 10.8. The second kappa shape index (κ2) is 9.41. The van der Waals surface area contributed by atoms with Gasteiger partial charge in [-0.3, -0.25) is 9.63 Å². The van der Waals surface area contributed by atoms with Crippen LogP contribution in [0.2, 0.25) is 0 Å². The molecule has 4 heteroatoms. The first-order chi connectivity index (χ1) is 14.7. The van der Waals surface area contributed by atoms with Gasteiger partial charge in [-0.25, -0.2) is 5.48 Å². The zero-order valence-electron chi connectivity index (χ0n) is 17.7. The molecule has 3 aromatic rings. The van der Waals surface area contributed by atoms with Gasteiger partial charge in [0.1, 0.15) is 0 Å². The number of amides is 1. The molecule has 0 aliphatic heterocycles. The lowest BCUT2D eigenvalue weighted by Crippen LogP contribution is -2.35. The quantitative estimate of drug-likeness (QED) is 0.535. The molecule has 4 rings (SSSR count). The monoisotopic (exact) mass is 402 g/mol. The van der Waals surface area contributed by atoms with Crippen molar-refractivity contribution in [2.45, 2.75) is 50.6 Å². The molecule has 0 heterocycles. The lowest BCUT2D eigenvalue weighted by Gasteiger charge is -2.32. The molecular weight excluding hydrogens is 372 g/mol. The van der Waals surface area contributed by atoms with Gasteiger partial charge in [-0.15, -0.1) is 0 Å². The molecule has 0 bridgehead atoms. The molecule has 1 fully saturated rings. The standard InChI is InChI=1S/C26H30N2O2/c1-18(24-12-6-8-20-7-3-4-11-25(20)24)27-23-10-5-9-22(17-23)19-13-15-21(16-14-19)26(29)28-30-2/h3-4,6-8,11-16,18,22-23,27H,5,9-10,17H2,1-2H3,(H,28,29)/t18-,22+,23+/m1/s1. The van der Waals surface area contributed by atoms with Gasteiger partial charge in [0.15, 0.2) is 0 Å². The van der Waals surface area contributed by atoms with E-state index in [1.807, 2.05) is 12.1 Å². The highest BCUT2D eigenvalue weighted by Crippen LogP contribution is 2.34. The van der Waals surface area contributed by atoms with Crippen molar-refractivity contribution >= 4 is 16.7 Å². The molecule has 0 radical (unpaired) electrons. The minimum absolute atomic E-state index is 0.212. The van der Waals surface area contributed by atoms with E-state index in [1.54, 1.807) is 0 Å². The summed E-state index contributed by atoms with van der Waals surface area (Å²) in [4.78, 5) is 16.6. The second-order valence-corrected chi connectivity index (χ2v) is 8.27. The predicted octanol–water partition coefficient (Wildman–Crippen LogP) is 5.51. The Bertz CT molecular complexity index is 994. The Morgan fingerprint density at radius 1 is 1.00 bits per heavy atom. The van der Waals surface area contributed by atoms with Gasteiger partial charge in [0.2, 0.25) is 0 Å². The van der Waals surface area contributed by atoms with E-state index in [9.17, 15) is 4.79 Å². The number of hydrogen-bond donors (Lipinski definition) is 2. The van der Waals surface area contributed by atoms with E-state index < -0.39 is 0 Å². The van der Waals surface area contributed by atoms with Crippen LogP contribution in [0.25, 0.3) is 10.8 Å². The Balaban J connectivity index is 1.43. The van der Waals surface area contributed by atoms with E-state index in [2.05, 4.69) is 72.3 Å². The van der Waals surface area contributed by atoms with Crippen LogP contribution in [0.4, 0.5) is 0 Å². The first-order valence-electron chi connectivity index (χ1n) is 10.8. The zero-order valence-corrected chi connectivity index (χ0v) is 17.7. The average molecular weight is 403 g/mol. The maximum absolute atomic E-state index is 11.9. The van der Waals surface area contributed by atoms with E-state index in [0.29, 0.717) is 23.6 Å². The van der Waals surface area contributed by atoms with Crippen molar-refractivity contribution in [1.82, 2.24) is 10.8 Å². The second-order valence-electron chi connectivity index (χ2n) is 8.27.